The van der Waals surface area contributed by atoms with E-state index in [4.69, 9.17) is 11.6 Å². The Balaban J connectivity index is 2.28. The van der Waals surface area contributed by atoms with Gasteiger partial charge < -0.3 is 0 Å². The van der Waals surface area contributed by atoms with Crippen LogP contribution in [-0.2, 0) is 6.42 Å². The molecular weight excluding hydrogens is 343 g/mol. The molecule has 104 valence electrons. The molecule has 0 bridgehead atoms. The van der Waals surface area contributed by atoms with Crippen LogP contribution in [-0.4, -0.2) is 5.78 Å². The zero-order valence-corrected chi connectivity index (χ0v) is 13.5. The number of benzene rings is 2. The highest BCUT2D eigenvalue weighted by Crippen LogP contribution is 2.24. The molecule has 1 nitrogen and oxygen atoms in total. The van der Waals surface area contributed by atoms with Crippen LogP contribution in [0.4, 0.5) is 4.39 Å². The monoisotopic (exact) mass is 354 g/mol. The number of halogens is 3. The predicted molar refractivity (Wildman–Crippen MR) is 83.1 cm³/mol. The fourth-order valence-corrected chi connectivity index (χ4v) is 2.43. The molecule has 0 aliphatic heterocycles. The van der Waals surface area contributed by atoms with Crippen LogP contribution in [0.2, 0.25) is 5.02 Å². The summed E-state index contributed by atoms with van der Waals surface area (Å²) in [6.07, 6.45) is 0.0313. The molecule has 0 aromatic heterocycles. The number of carbonyl (C=O) groups is 1. The summed E-state index contributed by atoms with van der Waals surface area (Å²) in [5.41, 5.74) is 2.94. The van der Waals surface area contributed by atoms with Gasteiger partial charge in [0.15, 0.2) is 5.78 Å². The van der Waals surface area contributed by atoms with Crippen molar-refractivity contribution < 1.29 is 9.18 Å². The molecule has 0 aliphatic rings. The Morgan fingerprint density at radius 2 is 1.80 bits per heavy atom. The van der Waals surface area contributed by atoms with Crippen molar-refractivity contribution in [2.45, 2.75) is 20.3 Å². The second-order valence-electron chi connectivity index (χ2n) is 4.76. The van der Waals surface area contributed by atoms with Crippen molar-refractivity contribution in [3.63, 3.8) is 0 Å². The Labute approximate surface area is 130 Å². The summed E-state index contributed by atoms with van der Waals surface area (Å²) in [6, 6.07) is 7.99. The second kappa shape index (κ2) is 6.06. The van der Waals surface area contributed by atoms with Gasteiger partial charge in [-0.2, -0.15) is 0 Å². The maximum atomic E-state index is 13.7. The van der Waals surface area contributed by atoms with Crippen LogP contribution in [0.5, 0.6) is 0 Å². The molecule has 0 aliphatic carbocycles. The first-order valence-corrected chi connectivity index (χ1v) is 7.29. The number of Topliss-reactive ketones (excluding diaryl/α,β-unsaturated/α-hetero) is 1. The van der Waals surface area contributed by atoms with E-state index in [9.17, 15) is 9.18 Å². The first-order valence-electron chi connectivity index (χ1n) is 6.12. The molecule has 0 heterocycles. The van der Waals surface area contributed by atoms with E-state index < -0.39 is 5.82 Å². The minimum absolute atomic E-state index is 0.0313. The molecule has 0 amide bonds. The third-order valence-corrected chi connectivity index (χ3v) is 4.61. The van der Waals surface area contributed by atoms with Crippen LogP contribution in [0.15, 0.2) is 34.8 Å². The van der Waals surface area contributed by atoms with E-state index in [1.807, 2.05) is 26.0 Å². The first-order chi connectivity index (χ1) is 9.38. The average Bonchev–Trinajstić information content (AvgIpc) is 2.38. The number of hydrogen-bond acceptors (Lipinski definition) is 1. The van der Waals surface area contributed by atoms with Gasteiger partial charge in [0.05, 0.1) is 0 Å². The van der Waals surface area contributed by atoms with Gasteiger partial charge in [-0.05, 0) is 54.8 Å². The van der Waals surface area contributed by atoms with Gasteiger partial charge in [0, 0.05) is 21.5 Å². The van der Waals surface area contributed by atoms with Crippen LogP contribution in [0.3, 0.4) is 0 Å². The second-order valence-corrected chi connectivity index (χ2v) is 5.99. The summed E-state index contributed by atoms with van der Waals surface area (Å²) in [6.45, 7) is 3.85. The molecule has 20 heavy (non-hydrogen) atoms. The van der Waals surface area contributed by atoms with Crippen molar-refractivity contribution in [3.8, 4) is 0 Å². The van der Waals surface area contributed by atoms with Gasteiger partial charge in [-0.15, -0.1) is 0 Å². The largest absolute Gasteiger partial charge is 0.294 e. The summed E-state index contributed by atoms with van der Waals surface area (Å²) >= 11 is 9.16. The Kier molecular flexibility index (Phi) is 4.61. The van der Waals surface area contributed by atoms with Gasteiger partial charge in [0.1, 0.15) is 5.82 Å². The van der Waals surface area contributed by atoms with Crippen LogP contribution in [0, 0.1) is 19.7 Å². The first kappa shape index (κ1) is 15.2. The van der Waals surface area contributed by atoms with E-state index in [2.05, 4.69) is 15.9 Å². The van der Waals surface area contributed by atoms with Crippen LogP contribution < -0.4 is 0 Å². The highest BCUT2D eigenvalue weighted by Gasteiger charge is 2.13. The molecule has 0 atom stereocenters. The number of carbonyl (C=O) groups excluding carboxylic acids is 1. The molecule has 0 unspecified atom stereocenters. The van der Waals surface area contributed by atoms with Gasteiger partial charge >= 0.3 is 0 Å². The fraction of sp³-hybridized carbons (Fsp3) is 0.188. The third kappa shape index (κ3) is 3.28. The van der Waals surface area contributed by atoms with Gasteiger partial charge in [-0.25, -0.2) is 4.39 Å². The predicted octanol–water partition coefficient (Wildman–Crippen LogP) is 5.28. The van der Waals surface area contributed by atoms with E-state index in [1.54, 1.807) is 12.1 Å². The minimum Gasteiger partial charge on any atom is -0.294 e. The summed E-state index contributed by atoms with van der Waals surface area (Å²) in [5.74, 6) is -0.554. The summed E-state index contributed by atoms with van der Waals surface area (Å²) in [5, 5.41) is 0.328. The molecule has 2 aromatic carbocycles. The lowest BCUT2D eigenvalue weighted by atomic mass is 9.99. The molecule has 2 aromatic rings. The van der Waals surface area contributed by atoms with E-state index in [0.29, 0.717) is 16.1 Å². The number of ketones is 1. The quantitative estimate of drug-likeness (QED) is 0.684. The molecule has 0 fully saturated rings. The number of rotatable bonds is 3. The van der Waals surface area contributed by atoms with Crippen molar-refractivity contribution in [1.82, 2.24) is 0 Å². The summed E-state index contributed by atoms with van der Waals surface area (Å²) in [7, 11) is 0. The lowest BCUT2D eigenvalue weighted by Gasteiger charge is -2.08. The SMILES string of the molecule is Cc1cc(C(=O)Cc2ccc(Cl)cc2F)cc(C)c1Br. The van der Waals surface area contributed by atoms with Gasteiger partial charge in [0.25, 0.3) is 0 Å². The minimum atomic E-state index is -0.448. The maximum absolute atomic E-state index is 13.7. The number of hydrogen-bond donors (Lipinski definition) is 0. The smallest absolute Gasteiger partial charge is 0.167 e. The van der Waals surface area contributed by atoms with Crippen molar-refractivity contribution in [2.75, 3.05) is 0 Å². The summed E-state index contributed by atoms with van der Waals surface area (Å²) < 4.78 is 14.7. The van der Waals surface area contributed by atoms with E-state index in [1.165, 1.54) is 6.07 Å². The Hall–Kier alpha value is -1.19. The third-order valence-electron chi connectivity index (χ3n) is 3.12. The zero-order chi connectivity index (χ0) is 14.9. The van der Waals surface area contributed by atoms with Crippen molar-refractivity contribution >= 4 is 33.3 Å². The molecule has 2 rings (SSSR count). The van der Waals surface area contributed by atoms with Crippen molar-refractivity contribution in [2.24, 2.45) is 0 Å². The van der Waals surface area contributed by atoms with Crippen LogP contribution in [0.25, 0.3) is 0 Å². The Morgan fingerprint density at radius 1 is 1.20 bits per heavy atom. The van der Waals surface area contributed by atoms with E-state index in [-0.39, 0.29) is 12.2 Å². The lowest BCUT2D eigenvalue weighted by molar-refractivity contribution is 0.0991. The summed E-state index contributed by atoms with van der Waals surface area (Å²) in [4.78, 5) is 12.3. The van der Waals surface area contributed by atoms with Gasteiger partial charge in [0.2, 0.25) is 0 Å². The molecule has 0 spiro atoms. The highest BCUT2D eigenvalue weighted by molar-refractivity contribution is 9.10. The van der Waals surface area contributed by atoms with Gasteiger partial charge in [-0.3, -0.25) is 4.79 Å². The fourth-order valence-electron chi connectivity index (χ4n) is 2.05. The molecule has 0 saturated heterocycles. The van der Waals surface area contributed by atoms with E-state index >= 15 is 0 Å². The topological polar surface area (TPSA) is 17.1 Å². The van der Waals surface area contributed by atoms with Crippen molar-refractivity contribution in [3.05, 3.63) is 67.9 Å². The average molecular weight is 356 g/mol. The zero-order valence-electron chi connectivity index (χ0n) is 11.1. The maximum Gasteiger partial charge on any atom is 0.167 e. The van der Waals surface area contributed by atoms with Crippen LogP contribution >= 0.6 is 27.5 Å². The molecule has 4 heteroatoms. The Bertz CT molecular complexity index is 659. The molecular formula is C16H13BrClFO. The van der Waals surface area contributed by atoms with E-state index in [0.717, 1.165) is 15.6 Å². The number of aryl methyl sites for hydroxylation is 2. The van der Waals surface area contributed by atoms with Gasteiger partial charge in [-0.1, -0.05) is 33.6 Å². The van der Waals surface area contributed by atoms with Crippen LogP contribution in [0.1, 0.15) is 27.0 Å². The standard InChI is InChI=1S/C16H13BrClFO/c1-9-5-12(6-10(2)16(9)17)15(20)7-11-3-4-13(18)8-14(11)19/h3-6,8H,7H2,1-2H3. The lowest BCUT2D eigenvalue weighted by Crippen LogP contribution is -2.06. The molecule has 0 N–H and O–H groups in total. The Morgan fingerprint density at radius 3 is 2.35 bits per heavy atom. The highest BCUT2D eigenvalue weighted by atomic mass is 79.9. The van der Waals surface area contributed by atoms with Crippen molar-refractivity contribution in [1.29, 1.82) is 0 Å². The normalized spacial score (nSPS) is 10.7. The molecule has 0 saturated carbocycles. The molecule has 0 radical (unpaired) electrons.